The van der Waals surface area contributed by atoms with Gasteiger partial charge in [0.1, 0.15) is 0 Å². The zero-order valence-corrected chi connectivity index (χ0v) is 15.4. The lowest BCUT2D eigenvalue weighted by atomic mass is 9.99. The Hall–Kier alpha value is -1.47. The van der Waals surface area contributed by atoms with Gasteiger partial charge in [-0.2, -0.15) is 0 Å². The van der Waals surface area contributed by atoms with Crippen molar-refractivity contribution in [2.24, 2.45) is 5.73 Å². The number of carbonyl (C=O) groups excluding carboxylic acids is 1. The lowest BCUT2D eigenvalue weighted by Crippen LogP contribution is -2.55. The summed E-state index contributed by atoms with van der Waals surface area (Å²) in [5.74, 6) is -0.115. The minimum Gasteiger partial charge on any atom is -0.389 e. The predicted molar refractivity (Wildman–Crippen MR) is 101 cm³/mol. The Kier molecular flexibility index (Phi) is 7.02. The van der Waals surface area contributed by atoms with E-state index in [1.165, 1.54) is 0 Å². The van der Waals surface area contributed by atoms with Gasteiger partial charge in [0, 0.05) is 24.7 Å². The number of nitrogens with one attached hydrogen (secondary N) is 1. The first-order chi connectivity index (χ1) is 12.7. The molecule has 1 saturated heterocycles. The van der Waals surface area contributed by atoms with Crippen LogP contribution in [0.3, 0.4) is 0 Å². The van der Waals surface area contributed by atoms with E-state index in [2.05, 4.69) is 10.2 Å². The Morgan fingerprint density at radius 1 is 1.19 bits per heavy atom. The monoisotopic (exact) mass is 361 g/mol. The predicted octanol–water partition coefficient (Wildman–Crippen LogP) is 0.922. The molecule has 0 unspecified atom stereocenters. The van der Waals surface area contributed by atoms with E-state index in [-0.39, 0.29) is 18.0 Å². The molecule has 0 radical (unpaired) electrons. The molecule has 4 N–H and O–H groups in total. The number of nitrogens with zero attached hydrogens (tertiary/aromatic N) is 1. The lowest BCUT2D eigenvalue weighted by Gasteiger charge is -2.38. The van der Waals surface area contributed by atoms with E-state index in [0.717, 1.165) is 64.0 Å². The summed E-state index contributed by atoms with van der Waals surface area (Å²) in [6.45, 7) is 3.74. The fourth-order valence-corrected chi connectivity index (χ4v) is 4.03. The van der Waals surface area contributed by atoms with Crippen molar-refractivity contribution in [2.45, 2.75) is 50.3 Å². The second kappa shape index (κ2) is 9.46. The summed E-state index contributed by atoms with van der Waals surface area (Å²) in [5.41, 5.74) is 7.33. The molecule has 0 bridgehead atoms. The minimum absolute atomic E-state index is 0.0960. The van der Waals surface area contributed by atoms with Crippen LogP contribution >= 0.6 is 0 Å². The number of carbonyl (C=O) groups is 1. The third-order valence-electron chi connectivity index (χ3n) is 5.55. The van der Waals surface area contributed by atoms with Crippen molar-refractivity contribution < 1.29 is 14.6 Å². The van der Waals surface area contributed by atoms with Gasteiger partial charge in [-0.15, -0.1) is 0 Å². The topological polar surface area (TPSA) is 87.8 Å². The number of aliphatic hydroxyl groups is 1. The van der Waals surface area contributed by atoms with Gasteiger partial charge in [0.25, 0.3) is 5.91 Å². The number of ether oxygens (including phenoxy) is 1. The highest BCUT2D eigenvalue weighted by Gasteiger charge is 2.35. The van der Waals surface area contributed by atoms with Crippen LogP contribution in [-0.2, 0) is 11.2 Å². The Bertz CT molecular complexity index is 572. The molecular weight excluding hydrogens is 330 g/mol. The van der Waals surface area contributed by atoms with Gasteiger partial charge in [0.15, 0.2) is 0 Å². The largest absolute Gasteiger partial charge is 0.389 e. The van der Waals surface area contributed by atoms with Crippen LogP contribution in [0.1, 0.15) is 41.6 Å². The van der Waals surface area contributed by atoms with Crippen LogP contribution in [0.2, 0.25) is 0 Å². The minimum atomic E-state index is -0.545. The standard InChI is InChI=1S/C20H31N3O3/c21-10-9-15-5-7-16(8-6-15)20(25)22-17-3-1-2-4-18(19(17)24)23-11-13-26-14-12-23/h5-8,17-19,24H,1-4,9-14,21H2,(H,22,25)/t17-,18-,19-/m1/s1. The van der Waals surface area contributed by atoms with Crippen molar-refractivity contribution in [3.63, 3.8) is 0 Å². The SMILES string of the molecule is NCCc1ccc(C(=O)N[C@@H]2CCCC[C@@H](N3CCOCC3)[C@@H]2O)cc1. The van der Waals surface area contributed by atoms with Crippen molar-refractivity contribution in [3.05, 3.63) is 35.4 Å². The molecule has 3 atom stereocenters. The fourth-order valence-electron chi connectivity index (χ4n) is 4.03. The number of morpholine rings is 1. The van der Waals surface area contributed by atoms with Gasteiger partial charge in [-0.25, -0.2) is 0 Å². The van der Waals surface area contributed by atoms with Crippen LogP contribution in [0.4, 0.5) is 0 Å². The molecule has 1 heterocycles. The van der Waals surface area contributed by atoms with Crippen molar-refractivity contribution in [1.29, 1.82) is 0 Å². The summed E-state index contributed by atoms with van der Waals surface area (Å²) >= 11 is 0. The number of aliphatic hydroxyl groups excluding tert-OH is 1. The molecule has 1 saturated carbocycles. The molecular formula is C20H31N3O3. The third kappa shape index (κ3) is 4.82. The Morgan fingerprint density at radius 2 is 1.88 bits per heavy atom. The molecule has 1 amide bonds. The van der Waals surface area contributed by atoms with E-state index in [1.807, 2.05) is 24.3 Å². The van der Waals surface area contributed by atoms with Gasteiger partial charge >= 0.3 is 0 Å². The number of hydrogen-bond donors (Lipinski definition) is 3. The highest BCUT2D eigenvalue weighted by Crippen LogP contribution is 2.24. The molecule has 6 heteroatoms. The van der Waals surface area contributed by atoms with Gasteiger partial charge in [0.05, 0.1) is 25.4 Å². The van der Waals surface area contributed by atoms with Crippen molar-refractivity contribution >= 4 is 5.91 Å². The van der Waals surface area contributed by atoms with E-state index < -0.39 is 6.10 Å². The fraction of sp³-hybridized carbons (Fsp3) is 0.650. The summed E-state index contributed by atoms with van der Waals surface area (Å²) in [6.07, 6.45) is 4.17. The van der Waals surface area contributed by atoms with Crippen molar-refractivity contribution in [2.75, 3.05) is 32.8 Å². The van der Waals surface area contributed by atoms with E-state index in [0.29, 0.717) is 12.1 Å². The lowest BCUT2D eigenvalue weighted by molar-refractivity contribution is -0.0308. The smallest absolute Gasteiger partial charge is 0.251 e. The Labute approximate surface area is 155 Å². The van der Waals surface area contributed by atoms with Crippen LogP contribution in [0.5, 0.6) is 0 Å². The van der Waals surface area contributed by atoms with Crippen LogP contribution < -0.4 is 11.1 Å². The van der Waals surface area contributed by atoms with Gasteiger partial charge in [-0.3, -0.25) is 9.69 Å². The van der Waals surface area contributed by atoms with Crippen molar-refractivity contribution in [3.8, 4) is 0 Å². The molecule has 3 rings (SSSR count). The maximum Gasteiger partial charge on any atom is 0.251 e. The highest BCUT2D eigenvalue weighted by molar-refractivity contribution is 5.94. The Morgan fingerprint density at radius 3 is 2.58 bits per heavy atom. The average molecular weight is 361 g/mol. The van der Waals surface area contributed by atoms with Gasteiger partial charge in [0.2, 0.25) is 0 Å². The second-order valence-corrected chi connectivity index (χ2v) is 7.31. The van der Waals surface area contributed by atoms with E-state index in [9.17, 15) is 9.90 Å². The summed E-state index contributed by atoms with van der Waals surface area (Å²) in [5, 5.41) is 14.0. The molecule has 2 aliphatic rings. The van der Waals surface area contributed by atoms with E-state index in [4.69, 9.17) is 10.5 Å². The van der Waals surface area contributed by atoms with Crippen LogP contribution in [0.25, 0.3) is 0 Å². The summed E-state index contributed by atoms with van der Waals surface area (Å²) in [6, 6.07) is 7.45. The first kappa shape index (κ1) is 19.3. The molecule has 1 aromatic carbocycles. The molecule has 2 fully saturated rings. The molecule has 1 aliphatic heterocycles. The van der Waals surface area contributed by atoms with Gasteiger partial charge in [-0.05, 0) is 43.5 Å². The maximum absolute atomic E-state index is 12.6. The van der Waals surface area contributed by atoms with Crippen LogP contribution in [-0.4, -0.2) is 66.9 Å². The second-order valence-electron chi connectivity index (χ2n) is 7.31. The van der Waals surface area contributed by atoms with Crippen LogP contribution in [0, 0.1) is 0 Å². The summed E-state index contributed by atoms with van der Waals surface area (Å²) in [7, 11) is 0. The number of hydrogen-bond acceptors (Lipinski definition) is 5. The van der Waals surface area contributed by atoms with Gasteiger partial charge in [-0.1, -0.05) is 25.0 Å². The third-order valence-corrected chi connectivity index (χ3v) is 5.55. The average Bonchev–Trinajstić information content (AvgIpc) is 2.85. The van der Waals surface area contributed by atoms with Gasteiger partial charge < -0.3 is 20.9 Å². The van der Waals surface area contributed by atoms with E-state index in [1.54, 1.807) is 0 Å². The molecule has 0 spiro atoms. The normalized spacial score (nSPS) is 27.7. The maximum atomic E-state index is 12.6. The quantitative estimate of drug-likeness (QED) is 0.679. The first-order valence-corrected chi connectivity index (χ1v) is 9.79. The summed E-state index contributed by atoms with van der Waals surface area (Å²) in [4.78, 5) is 15.0. The number of rotatable bonds is 5. The highest BCUT2D eigenvalue weighted by atomic mass is 16.5. The number of benzene rings is 1. The molecule has 0 aromatic heterocycles. The number of amides is 1. The zero-order valence-electron chi connectivity index (χ0n) is 15.4. The van der Waals surface area contributed by atoms with Crippen LogP contribution in [0.15, 0.2) is 24.3 Å². The molecule has 26 heavy (non-hydrogen) atoms. The summed E-state index contributed by atoms with van der Waals surface area (Å²) < 4.78 is 5.43. The zero-order chi connectivity index (χ0) is 18.4. The Balaban J connectivity index is 1.63. The number of nitrogens with two attached hydrogens (primary N) is 1. The molecule has 6 nitrogen and oxygen atoms in total. The van der Waals surface area contributed by atoms with E-state index >= 15 is 0 Å². The molecule has 1 aromatic rings. The molecule has 1 aliphatic carbocycles. The van der Waals surface area contributed by atoms with Crippen molar-refractivity contribution in [1.82, 2.24) is 10.2 Å². The first-order valence-electron chi connectivity index (χ1n) is 9.79. The molecule has 144 valence electrons.